The molecule has 1 saturated heterocycles. The molecule has 0 aliphatic carbocycles. The summed E-state index contributed by atoms with van der Waals surface area (Å²) in [4.78, 5) is 11.0. The lowest BCUT2D eigenvalue weighted by Gasteiger charge is -2.04. The van der Waals surface area contributed by atoms with Crippen LogP contribution >= 0.6 is 24.0 Å². The minimum atomic E-state index is -0.102. The highest BCUT2D eigenvalue weighted by molar-refractivity contribution is 7.98. The average molecular weight is 190 g/mol. The monoisotopic (exact) mass is 190 g/mol. The largest absolute Gasteiger partial charge is 0.351 e. The van der Waals surface area contributed by atoms with Crippen molar-refractivity contribution in [1.29, 1.82) is 0 Å². The minimum absolute atomic E-state index is 0.00375. The van der Waals surface area contributed by atoms with Crippen molar-refractivity contribution >= 4 is 35.0 Å². The van der Waals surface area contributed by atoms with E-state index in [-0.39, 0.29) is 11.9 Å². The van der Waals surface area contributed by atoms with Crippen molar-refractivity contribution in [1.82, 2.24) is 10.6 Å². The number of nitrogens with one attached hydrogen (secondary N) is 2. The van der Waals surface area contributed by atoms with Gasteiger partial charge in [-0.25, -0.2) is 0 Å². The van der Waals surface area contributed by atoms with Gasteiger partial charge in [-0.1, -0.05) is 0 Å². The number of rotatable bonds is 3. The Balaban J connectivity index is 2.34. The fraction of sp³-hybridized carbons (Fsp3) is 0.667. The van der Waals surface area contributed by atoms with Gasteiger partial charge in [-0.3, -0.25) is 4.79 Å². The van der Waals surface area contributed by atoms with Gasteiger partial charge >= 0.3 is 0 Å². The number of hydrogen-bond donors (Lipinski definition) is 2. The van der Waals surface area contributed by atoms with Gasteiger partial charge in [-0.15, -0.1) is 0 Å². The van der Waals surface area contributed by atoms with Crippen LogP contribution < -0.4 is 10.6 Å². The molecule has 0 aromatic heterocycles. The number of thiocarbonyl (C=S) groups is 1. The van der Waals surface area contributed by atoms with Gasteiger partial charge in [0.25, 0.3) is 0 Å². The van der Waals surface area contributed by atoms with Crippen LogP contribution in [0.3, 0.4) is 0 Å². The molecule has 0 saturated carbocycles. The Labute approximate surface area is 75.3 Å². The molecule has 0 bridgehead atoms. The van der Waals surface area contributed by atoms with Crippen molar-refractivity contribution in [2.45, 2.75) is 12.5 Å². The van der Waals surface area contributed by atoms with Crippen LogP contribution in [-0.4, -0.2) is 29.1 Å². The molecule has 1 aliphatic rings. The molecule has 5 heteroatoms. The van der Waals surface area contributed by atoms with E-state index in [4.69, 9.17) is 12.2 Å². The summed E-state index contributed by atoms with van der Waals surface area (Å²) in [5.74, 6) is 0.984. The van der Waals surface area contributed by atoms with Gasteiger partial charge in [-0.05, 0) is 30.6 Å². The summed E-state index contributed by atoms with van der Waals surface area (Å²) in [6.45, 7) is 0. The van der Waals surface area contributed by atoms with Crippen LogP contribution in [0.4, 0.5) is 0 Å². The normalized spacial score (nSPS) is 23.2. The summed E-state index contributed by atoms with van der Waals surface area (Å²) in [5.41, 5.74) is 0. The predicted octanol–water partition coefficient (Wildman–Crippen LogP) is 0.112. The van der Waals surface area contributed by atoms with E-state index < -0.39 is 0 Å². The van der Waals surface area contributed by atoms with Crippen molar-refractivity contribution in [3.05, 3.63) is 0 Å². The van der Waals surface area contributed by atoms with Gasteiger partial charge in [0, 0.05) is 0 Å². The standard InChI is InChI=1S/C6H10N2OS2/c1-11-3-2-4-5(9)8-6(10)7-4/h4H,2-3H2,1H3,(H2,7,8,9,10)/t4-/m0/s1. The van der Waals surface area contributed by atoms with Crippen molar-refractivity contribution in [3.63, 3.8) is 0 Å². The minimum Gasteiger partial charge on any atom is -0.351 e. The van der Waals surface area contributed by atoms with Crippen LogP contribution in [0.1, 0.15) is 6.42 Å². The number of amides is 1. The Morgan fingerprint density at radius 1 is 1.73 bits per heavy atom. The quantitative estimate of drug-likeness (QED) is 0.620. The molecule has 2 N–H and O–H groups in total. The summed E-state index contributed by atoms with van der Waals surface area (Å²) in [5, 5.41) is 5.90. The average Bonchev–Trinajstić information content (AvgIpc) is 2.26. The second-order valence-corrected chi connectivity index (χ2v) is 3.69. The molecule has 1 aliphatic heterocycles. The number of thioether (sulfide) groups is 1. The molecule has 3 nitrogen and oxygen atoms in total. The first-order chi connectivity index (χ1) is 5.24. The van der Waals surface area contributed by atoms with Crippen LogP contribution in [0.5, 0.6) is 0 Å². The van der Waals surface area contributed by atoms with Crippen LogP contribution in [0.25, 0.3) is 0 Å². The van der Waals surface area contributed by atoms with E-state index in [9.17, 15) is 4.79 Å². The van der Waals surface area contributed by atoms with Crippen molar-refractivity contribution in [3.8, 4) is 0 Å². The van der Waals surface area contributed by atoms with E-state index in [0.29, 0.717) is 5.11 Å². The second-order valence-electron chi connectivity index (χ2n) is 2.30. The van der Waals surface area contributed by atoms with E-state index in [1.54, 1.807) is 11.8 Å². The van der Waals surface area contributed by atoms with E-state index in [1.165, 1.54) is 0 Å². The van der Waals surface area contributed by atoms with Crippen LogP contribution in [0.15, 0.2) is 0 Å². The fourth-order valence-corrected chi connectivity index (χ4v) is 1.61. The van der Waals surface area contributed by atoms with Crippen molar-refractivity contribution in [2.24, 2.45) is 0 Å². The fourth-order valence-electron chi connectivity index (χ4n) is 0.898. The highest BCUT2D eigenvalue weighted by Gasteiger charge is 2.25. The zero-order valence-electron chi connectivity index (χ0n) is 6.22. The molecule has 11 heavy (non-hydrogen) atoms. The Hall–Kier alpha value is -0.290. The van der Waals surface area contributed by atoms with Crippen molar-refractivity contribution < 1.29 is 4.79 Å². The van der Waals surface area contributed by atoms with Crippen LogP contribution in [0.2, 0.25) is 0 Å². The molecule has 1 amide bonds. The Bertz CT molecular complexity index is 183. The second kappa shape index (κ2) is 3.92. The van der Waals surface area contributed by atoms with Gasteiger partial charge in [0.05, 0.1) is 0 Å². The smallest absolute Gasteiger partial charge is 0.248 e. The highest BCUT2D eigenvalue weighted by Crippen LogP contribution is 2.03. The third-order valence-electron chi connectivity index (χ3n) is 1.47. The maximum Gasteiger partial charge on any atom is 0.248 e. The summed E-state index contributed by atoms with van der Waals surface area (Å²) >= 11 is 6.50. The number of hydrogen-bond acceptors (Lipinski definition) is 3. The van der Waals surface area contributed by atoms with Gasteiger partial charge in [0.15, 0.2) is 5.11 Å². The molecule has 62 valence electrons. The first-order valence-corrected chi connectivity index (χ1v) is 5.14. The molecule has 1 atom stereocenters. The van der Waals surface area contributed by atoms with Gasteiger partial charge in [0.1, 0.15) is 6.04 Å². The summed E-state index contributed by atoms with van der Waals surface area (Å²) in [6.07, 6.45) is 2.86. The Morgan fingerprint density at radius 3 is 2.91 bits per heavy atom. The first kappa shape index (κ1) is 8.80. The molecular formula is C6H10N2OS2. The van der Waals surface area contributed by atoms with E-state index in [2.05, 4.69) is 10.6 Å². The first-order valence-electron chi connectivity index (χ1n) is 3.34. The van der Waals surface area contributed by atoms with Gasteiger partial charge in [-0.2, -0.15) is 11.8 Å². The van der Waals surface area contributed by atoms with Crippen LogP contribution in [-0.2, 0) is 4.79 Å². The van der Waals surface area contributed by atoms with E-state index in [0.717, 1.165) is 12.2 Å². The maximum atomic E-state index is 11.0. The lowest BCUT2D eigenvalue weighted by molar-refractivity contribution is -0.120. The molecule has 0 aromatic carbocycles. The third-order valence-corrected chi connectivity index (χ3v) is 2.33. The Morgan fingerprint density at radius 2 is 2.45 bits per heavy atom. The Kier molecular flexibility index (Phi) is 3.14. The van der Waals surface area contributed by atoms with E-state index >= 15 is 0 Å². The molecule has 1 fully saturated rings. The zero-order chi connectivity index (χ0) is 8.27. The molecule has 0 radical (unpaired) electrons. The summed E-state index contributed by atoms with van der Waals surface area (Å²) in [6, 6.07) is -0.102. The third kappa shape index (κ3) is 2.34. The highest BCUT2D eigenvalue weighted by atomic mass is 32.2. The molecule has 0 unspecified atom stereocenters. The lowest BCUT2D eigenvalue weighted by atomic mass is 10.2. The summed E-state index contributed by atoms with van der Waals surface area (Å²) in [7, 11) is 0. The zero-order valence-corrected chi connectivity index (χ0v) is 7.85. The lowest BCUT2D eigenvalue weighted by Crippen LogP contribution is -2.29. The van der Waals surface area contributed by atoms with Gasteiger partial charge in [0.2, 0.25) is 5.91 Å². The van der Waals surface area contributed by atoms with E-state index in [1.807, 2.05) is 6.26 Å². The van der Waals surface area contributed by atoms with Gasteiger partial charge < -0.3 is 10.6 Å². The molecule has 0 aromatic rings. The summed E-state index contributed by atoms with van der Waals surface area (Å²) < 4.78 is 0. The molecule has 1 rings (SSSR count). The maximum absolute atomic E-state index is 11.0. The topological polar surface area (TPSA) is 41.1 Å². The predicted molar refractivity (Wildman–Crippen MR) is 50.7 cm³/mol. The number of carbonyl (C=O) groups excluding carboxylic acids is 1. The van der Waals surface area contributed by atoms with Crippen molar-refractivity contribution in [2.75, 3.05) is 12.0 Å². The van der Waals surface area contributed by atoms with Crippen LogP contribution in [0, 0.1) is 0 Å². The SMILES string of the molecule is CSCC[C@@H]1NC(=S)NC1=O. The number of carbonyl (C=O) groups is 1. The molecule has 0 spiro atoms. The molecular weight excluding hydrogens is 180 g/mol. The molecule has 1 heterocycles.